The van der Waals surface area contributed by atoms with Gasteiger partial charge in [0.05, 0.1) is 10.9 Å². The molecule has 0 aliphatic rings. The van der Waals surface area contributed by atoms with Crippen LogP contribution in [0.5, 0.6) is 0 Å². The number of nitrogens with zero attached hydrogens (tertiary/aromatic N) is 3. The highest BCUT2D eigenvalue weighted by Gasteiger charge is 2.30. The summed E-state index contributed by atoms with van der Waals surface area (Å²) >= 11 is 0. The molecule has 0 saturated carbocycles. The van der Waals surface area contributed by atoms with Crippen LogP contribution in [0.15, 0.2) is 46.1 Å². The van der Waals surface area contributed by atoms with Crippen molar-refractivity contribution in [1.29, 1.82) is 0 Å². The maximum Gasteiger partial charge on any atom is 0.416 e. The van der Waals surface area contributed by atoms with Crippen LogP contribution < -0.4 is 11.2 Å². The molecule has 0 radical (unpaired) electrons. The summed E-state index contributed by atoms with van der Waals surface area (Å²) in [4.78, 5) is 28.2. The molecule has 0 spiro atoms. The van der Waals surface area contributed by atoms with Crippen molar-refractivity contribution >= 4 is 11.0 Å². The van der Waals surface area contributed by atoms with Gasteiger partial charge in [0.15, 0.2) is 0 Å². The van der Waals surface area contributed by atoms with E-state index in [0.717, 1.165) is 16.7 Å². The first kappa shape index (κ1) is 16.0. The van der Waals surface area contributed by atoms with E-state index in [4.69, 9.17) is 0 Å². The molecule has 0 saturated heterocycles. The lowest BCUT2D eigenvalue weighted by atomic mass is 10.0. The van der Waals surface area contributed by atoms with E-state index in [2.05, 4.69) is 4.98 Å². The second kappa shape index (κ2) is 5.33. The molecule has 1 aromatic carbocycles. The molecule has 124 valence electrons. The minimum Gasteiger partial charge on any atom is -0.280 e. The van der Waals surface area contributed by atoms with Crippen LogP contribution in [0.2, 0.25) is 0 Å². The second-order valence-electron chi connectivity index (χ2n) is 5.38. The van der Waals surface area contributed by atoms with Gasteiger partial charge in [-0.25, -0.2) is 9.78 Å². The van der Waals surface area contributed by atoms with Crippen LogP contribution in [0.4, 0.5) is 13.2 Å². The largest absolute Gasteiger partial charge is 0.416 e. The van der Waals surface area contributed by atoms with Gasteiger partial charge in [0, 0.05) is 25.9 Å². The first-order valence-electron chi connectivity index (χ1n) is 6.93. The van der Waals surface area contributed by atoms with Crippen molar-refractivity contribution in [2.75, 3.05) is 0 Å². The molecule has 5 nitrogen and oxygen atoms in total. The molecule has 0 aliphatic carbocycles. The molecule has 0 N–H and O–H groups in total. The number of hydrogen-bond acceptors (Lipinski definition) is 3. The molecule has 8 heteroatoms. The summed E-state index contributed by atoms with van der Waals surface area (Å²) in [6, 6.07) is 6.21. The van der Waals surface area contributed by atoms with E-state index in [1.807, 2.05) is 0 Å². The highest BCUT2D eigenvalue weighted by molar-refractivity contribution is 5.80. The third kappa shape index (κ3) is 2.49. The zero-order chi connectivity index (χ0) is 17.6. The van der Waals surface area contributed by atoms with E-state index in [1.54, 1.807) is 0 Å². The van der Waals surface area contributed by atoms with Crippen LogP contribution in [-0.4, -0.2) is 14.1 Å². The number of rotatable bonds is 1. The Balaban J connectivity index is 2.27. The lowest BCUT2D eigenvalue weighted by molar-refractivity contribution is -0.137. The normalized spacial score (nSPS) is 11.9. The van der Waals surface area contributed by atoms with E-state index in [9.17, 15) is 22.8 Å². The number of fused-ring (bicyclic) bond motifs is 1. The van der Waals surface area contributed by atoms with Gasteiger partial charge in [-0.15, -0.1) is 0 Å². The summed E-state index contributed by atoms with van der Waals surface area (Å²) in [5, 5.41) is 0.162. The number of halogens is 3. The molecule has 0 atom stereocenters. The average molecular weight is 335 g/mol. The van der Waals surface area contributed by atoms with Gasteiger partial charge in [0.25, 0.3) is 5.56 Å². The number of benzene rings is 1. The monoisotopic (exact) mass is 335 g/mol. The summed E-state index contributed by atoms with van der Waals surface area (Å²) < 4.78 is 40.7. The molecule has 0 bridgehead atoms. The fourth-order valence-corrected chi connectivity index (χ4v) is 2.50. The summed E-state index contributed by atoms with van der Waals surface area (Å²) in [6.07, 6.45) is -3.11. The topological polar surface area (TPSA) is 56.9 Å². The van der Waals surface area contributed by atoms with E-state index in [0.29, 0.717) is 5.56 Å². The zero-order valence-corrected chi connectivity index (χ0v) is 12.8. The minimum absolute atomic E-state index is 0.162. The van der Waals surface area contributed by atoms with Crippen molar-refractivity contribution in [3.8, 4) is 11.1 Å². The van der Waals surface area contributed by atoms with Crippen LogP contribution in [0.3, 0.4) is 0 Å². The lowest BCUT2D eigenvalue weighted by Crippen LogP contribution is -2.37. The number of hydrogen-bond donors (Lipinski definition) is 0. The quantitative estimate of drug-likeness (QED) is 0.686. The van der Waals surface area contributed by atoms with Crippen molar-refractivity contribution in [3.05, 3.63) is 62.9 Å². The molecule has 0 amide bonds. The Hall–Kier alpha value is -2.90. The van der Waals surface area contributed by atoms with Gasteiger partial charge in [-0.05, 0) is 23.8 Å². The van der Waals surface area contributed by atoms with E-state index in [1.165, 1.54) is 43.1 Å². The maximum absolute atomic E-state index is 12.8. The molecule has 0 fully saturated rings. The van der Waals surface area contributed by atoms with Gasteiger partial charge in [0.2, 0.25) is 0 Å². The lowest BCUT2D eigenvalue weighted by Gasteiger charge is -2.10. The summed E-state index contributed by atoms with van der Waals surface area (Å²) in [7, 11) is 2.81. The molecule has 3 aromatic rings. The van der Waals surface area contributed by atoms with Crippen LogP contribution in [0.1, 0.15) is 5.56 Å². The van der Waals surface area contributed by atoms with Crippen molar-refractivity contribution in [1.82, 2.24) is 14.1 Å². The Morgan fingerprint density at radius 2 is 1.71 bits per heavy atom. The number of aryl methyl sites for hydroxylation is 1. The number of alkyl halides is 3. The van der Waals surface area contributed by atoms with Crippen molar-refractivity contribution in [2.24, 2.45) is 14.1 Å². The van der Waals surface area contributed by atoms with Gasteiger partial charge < -0.3 is 0 Å². The Morgan fingerprint density at radius 3 is 2.38 bits per heavy atom. The van der Waals surface area contributed by atoms with E-state index in [-0.39, 0.29) is 16.6 Å². The number of aromatic nitrogens is 3. The predicted molar refractivity (Wildman–Crippen MR) is 82.7 cm³/mol. The molecule has 0 unspecified atom stereocenters. The smallest absolute Gasteiger partial charge is 0.280 e. The van der Waals surface area contributed by atoms with Crippen molar-refractivity contribution < 1.29 is 13.2 Å². The molecule has 2 heterocycles. The predicted octanol–water partition coefficient (Wildman–Crippen LogP) is 2.32. The Labute approximate surface area is 133 Å². The first-order valence-corrected chi connectivity index (χ1v) is 6.93. The van der Waals surface area contributed by atoms with Crippen LogP contribution in [-0.2, 0) is 20.3 Å². The Kier molecular flexibility index (Phi) is 3.55. The van der Waals surface area contributed by atoms with Crippen molar-refractivity contribution in [2.45, 2.75) is 6.18 Å². The summed E-state index contributed by atoms with van der Waals surface area (Å²) in [5.74, 6) is 0. The first-order chi connectivity index (χ1) is 11.2. The van der Waals surface area contributed by atoms with Gasteiger partial charge >= 0.3 is 11.9 Å². The third-order valence-corrected chi connectivity index (χ3v) is 3.82. The molecular formula is C16H12F3N3O2. The van der Waals surface area contributed by atoms with Crippen molar-refractivity contribution in [3.63, 3.8) is 0 Å². The minimum atomic E-state index is -4.46. The molecule has 24 heavy (non-hydrogen) atoms. The van der Waals surface area contributed by atoms with E-state index < -0.39 is 23.0 Å². The van der Waals surface area contributed by atoms with Gasteiger partial charge in [-0.3, -0.25) is 13.9 Å². The standard InChI is InChI=1S/C16H12F3N3O2/c1-21-13-12(14(23)22(2)15(21)24)7-10(8-20-13)9-4-3-5-11(6-9)16(17,18)19/h3-8H,1-2H3. The molecular weight excluding hydrogens is 323 g/mol. The molecule has 2 aromatic heterocycles. The Morgan fingerprint density at radius 1 is 1.00 bits per heavy atom. The Bertz CT molecular complexity index is 1060. The SMILES string of the molecule is Cn1c(=O)c2cc(-c3cccc(C(F)(F)F)c3)cnc2n(C)c1=O. The second-order valence-corrected chi connectivity index (χ2v) is 5.38. The van der Waals surface area contributed by atoms with Crippen LogP contribution in [0.25, 0.3) is 22.2 Å². The fourth-order valence-electron chi connectivity index (χ4n) is 2.50. The number of pyridine rings is 1. The fraction of sp³-hybridized carbons (Fsp3) is 0.188. The van der Waals surface area contributed by atoms with E-state index >= 15 is 0 Å². The molecule has 0 aliphatic heterocycles. The highest BCUT2D eigenvalue weighted by atomic mass is 19.4. The van der Waals surface area contributed by atoms with Crippen LogP contribution >= 0.6 is 0 Å². The summed E-state index contributed by atoms with van der Waals surface area (Å²) in [5.41, 5.74) is -1.02. The summed E-state index contributed by atoms with van der Waals surface area (Å²) in [6.45, 7) is 0. The zero-order valence-electron chi connectivity index (χ0n) is 12.8. The van der Waals surface area contributed by atoms with Gasteiger partial charge in [-0.1, -0.05) is 12.1 Å². The van der Waals surface area contributed by atoms with Gasteiger partial charge in [-0.2, -0.15) is 13.2 Å². The van der Waals surface area contributed by atoms with Gasteiger partial charge in [0.1, 0.15) is 5.65 Å². The average Bonchev–Trinajstić information content (AvgIpc) is 2.57. The maximum atomic E-state index is 12.8. The van der Waals surface area contributed by atoms with Crippen LogP contribution in [0, 0.1) is 0 Å². The third-order valence-electron chi connectivity index (χ3n) is 3.82. The molecule has 3 rings (SSSR count). The highest BCUT2D eigenvalue weighted by Crippen LogP contribution is 2.32.